The lowest BCUT2D eigenvalue weighted by molar-refractivity contribution is -0.136. The molecule has 19 heavy (non-hydrogen) atoms. The minimum Gasteiger partial charge on any atom is -0.380 e. The predicted molar refractivity (Wildman–Crippen MR) is 69.2 cm³/mol. The molecule has 0 aliphatic carbocycles. The normalized spacial score (nSPS) is 14.2. The van der Waals surface area contributed by atoms with E-state index in [1.165, 1.54) is 19.1 Å². The van der Waals surface area contributed by atoms with E-state index in [9.17, 15) is 21.6 Å². The van der Waals surface area contributed by atoms with E-state index < -0.39 is 27.6 Å². The van der Waals surface area contributed by atoms with Gasteiger partial charge in [-0.25, -0.2) is 8.42 Å². The molecule has 0 fully saturated rings. The molecule has 1 aromatic carbocycles. The monoisotopic (exact) mass is 315 g/mol. The van der Waals surface area contributed by atoms with E-state index in [-0.39, 0.29) is 16.5 Å². The number of nitrogens with one attached hydrogen (secondary N) is 1. The van der Waals surface area contributed by atoms with Gasteiger partial charge in [0, 0.05) is 12.3 Å². The van der Waals surface area contributed by atoms with Gasteiger partial charge in [0.05, 0.1) is 22.0 Å². The first-order valence-corrected chi connectivity index (χ1v) is 7.74. The number of alkyl halides is 3. The highest BCUT2D eigenvalue weighted by Crippen LogP contribution is 2.38. The number of para-hydroxylation sites is 1. The van der Waals surface area contributed by atoms with Crippen LogP contribution in [0.2, 0.25) is 5.02 Å². The molecule has 1 unspecified atom stereocenters. The molecule has 0 spiro atoms. The lowest BCUT2D eigenvalue weighted by atomic mass is 10.1. The number of anilines is 1. The molecule has 0 aliphatic rings. The van der Waals surface area contributed by atoms with Crippen molar-refractivity contribution >= 4 is 27.1 Å². The molecule has 0 aliphatic heterocycles. The van der Waals surface area contributed by atoms with Crippen LogP contribution in [-0.2, 0) is 16.0 Å². The Bertz CT molecular complexity index is 558. The van der Waals surface area contributed by atoms with E-state index in [4.69, 9.17) is 11.6 Å². The maximum atomic E-state index is 12.8. The second-order valence-electron chi connectivity index (χ2n) is 4.30. The smallest absolute Gasteiger partial charge is 0.380 e. The fourth-order valence-electron chi connectivity index (χ4n) is 1.65. The maximum absolute atomic E-state index is 12.8. The van der Waals surface area contributed by atoms with Gasteiger partial charge in [-0.2, -0.15) is 13.2 Å². The molecule has 1 aromatic rings. The first-order valence-electron chi connectivity index (χ1n) is 5.30. The number of hydrogen-bond donors (Lipinski definition) is 1. The second kappa shape index (κ2) is 5.58. The molecule has 0 saturated heterocycles. The van der Waals surface area contributed by atoms with Crippen LogP contribution in [0.1, 0.15) is 12.5 Å². The van der Waals surface area contributed by atoms with Crippen molar-refractivity contribution in [1.29, 1.82) is 0 Å². The molecule has 8 heteroatoms. The van der Waals surface area contributed by atoms with Gasteiger partial charge in [0.25, 0.3) is 0 Å². The van der Waals surface area contributed by atoms with E-state index in [0.29, 0.717) is 0 Å². The molecule has 0 amide bonds. The Morgan fingerprint density at radius 2 is 1.95 bits per heavy atom. The molecule has 0 aromatic heterocycles. The number of halogens is 4. The summed E-state index contributed by atoms with van der Waals surface area (Å²) in [5.74, 6) is -0.282. The fourth-order valence-corrected chi connectivity index (χ4v) is 2.87. The van der Waals surface area contributed by atoms with Crippen molar-refractivity contribution in [3.05, 3.63) is 28.8 Å². The Labute approximate surface area is 114 Å². The summed E-state index contributed by atoms with van der Waals surface area (Å²) in [6.07, 6.45) is -3.54. The first kappa shape index (κ1) is 16.1. The number of sulfone groups is 1. The SMILES string of the molecule is CC(CS(C)(=O)=O)Nc1c(Cl)cccc1C(F)(F)F. The highest BCUT2D eigenvalue weighted by Gasteiger charge is 2.34. The minimum atomic E-state index is -4.56. The van der Waals surface area contributed by atoms with Gasteiger partial charge in [0.2, 0.25) is 0 Å². The van der Waals surface area contributed by atoms with Crippen molar-refractivity contribution in [2.75, 3.05) is 17.3 Å². The van der Waals surface area contributed by atoms with E-state index in [1.807, 2.05) is 0 Å². The van der Waals surface area contributed by atoms with Crippen LogP contribution in [0.15, 0.2) is 18.2 Å². The number of benzene rings is 1. The molecule has 1 atom stereocenters. The van der Waals surface area contributed by atoms with Crippen molar-refractivity contribution in [3.8, 4) is 0 Å². The van der Waals surface area contributed by atoms with Crippen molar-refractivity contribution in [1.82, 2.24) is 0 Å². The van der Waals surface area contributed by atoms with Crippen LogP contribution >= 0.6 is 11.6 Å². The summed E-state index contributed by atoms with van der Waals surface area (Å²) in [7, 11) is -3.29. The van der Waals surface area contributed by atoms with Crippen molar-refractivity contribution in [2.24, 2.45) is 0 Å². The molecule has 0 radical (unpaired) electrons. The van der Waals surface area contributed by atoms with Crippen LogP contribution in [-0.4, -0.2) is 26.5 Å². The van der Waals surface area contributed by atoms with Crippen LogP contribution in [0.5, 0.6) is 0 Å². The van der Waals surface area contributed by atoms with E-state index in [0.717, 1.165) is 12.3 Å². The molecule has 1 N–H and O–H groups in total. The zero-order valence-electron chi connectivity index (χ0n) is 10.3. The topological polar surface area (TPSA) is 46.2 Å². The third-order valence-electron chi connectivity index (χ3n) is 2.26. The first-order chi connectivity index (χ1) is 8.50. The quantitative estimate of drug-likeness (QED) is 0.928. The largest absolute Gasteiger partial charge is 0.418 e. The van der Waals surface area contributed by atoms with Crippen LogP contribution < -0.4 is 5.32 Å². The lowest BCUT2D eigenvalue weighted by Gasteiger charge is -2.20. The molecule has 0 saturated carbocycles. The van der Waals surface area contributed by atoms with Gasteiger partial charge in [-0.3, -0.25) is 0 Å². The zero-order valence-corrected chi connectivity index (χ0v) is 11.8. The minimum absolute atomic E-state index is 0.102. The molecule has 0 heterocycles. The third-order valence-corrected chi connectivity index (χ3v) is 3.68. The summed E-state index contributed by atoms with van der Waals surface area (Å²) in [5.41, 5.74) is -1.21. The van der Waals surface area contributed by atoms with E-state index >= 15 is 0 Å². The van der Waals surface area contributed by atoms with Gasteiger partial charge in [-0.15, -0.1) is 0 Å². The van der Waals surface area contributed by atoms with Crippen molar-refractivity contribution in [3.63, 3.8) is 0 Å². The Balaban J connectivity index is 3.07. The molecule has 0 bridgehead atoms. The molecular formula is C11H13ClF3NO2S. The molecular weight excluding hydrogens is 303 g/mol. The Morgan fingerprint density at radius 1 is 1.37 bits per heavy atom. The van der Waals surface area contributed by atoms with Gasteiger partial charge >= 0.3 is 6.18 Å². The molecule has 1 rings (SSSR count). The highest BCUT2D eigenvalue weighted by atomic mass is 35.5. The van der Waals surface area contributed by atoms with Crippen LogP contribution in [0, 0.1) is 0 Å². The average Bonchev–Trinajstić information content (AvgIpc) is 2.16. The van der Waals surface area contributed by atoms with Crippen LogP contribution in [0.25, 0.3) is 0 Å². The summed E-state index contributed by atoms with van der Waals surface area (Å²) in [6, 6.07) is 2.71. The standard InChI is InChI=1S/C11H13ClF3NO2S/c1-7(6-19(2,17)18)16-10-8(11(13,14)15)4-3-5-9(10)12/h3-5,7,16H,6H2,1-2H3. The third kappa shape index (κ3) is 4.91. The Kier molecular flexibility index (Phi) is 4.73. The number of hydrogen-bond acceptors (Lipinski definition) is 3. The van der Waals surface area contributed by atoms with Gasteiger partial charge in [-0.1, -0.05) is 17.7 Å². The zero-order chi connectivity index (χ0) is 14.8. The molecule has 108 valence electrons. The van der Waals surface area contributed by atoms with Crippen molar-refractivity contribution in [2.45, 2.75) is 19.1 Å². The summed E-state index contributed by atoms with van der Waals surface area (Å²) in [6.45, 7) is 1.48. The highest BCUT2D eigenvalue weighted by molar-refractivity contribution is 7.90. The summed E-state index contributed by atoms with van der Waals surface area (Å²) < 4.78 is 60.6. The Morgan fingerprint density at radius 3 is 2.42 bits per heavy atom. The number of rotatable bonds is 4. The Hall–Kier alpha value is -0.950. The van der Waals surface area contributed by atoms with Gasteiger partial charge in [0.1, 0.15) is 9.84 Å². The van der Waals surface area contributed by atoms with Gasteiger partial charge < -0.3 is 5.32 Å². The predicted octanol–water partition coefficient (Wildman–Crippen LogP) is 3.20. The summed E-state index contributed by atoms with van der Waals surface area (Å²) in [5, 5.41) is 2.41. The van der Waals surface area contributed by atoms with Gasteiger partial charge in [-0.05, 0) is 19.1 Å². The summed E-state index contributed by atoms with van der Waals surface area (Å²) >= 11 is 5.74. The molecule has 3 nitrogen and oxygen atoms in total. The van der Waals surface area contributed by atoms with E-state index in [2.05, 4.69) is 5.32 Å². The van der Waals surface area contributed by atoms with Crippen LogP contribution in [0.4, 0.5) is 18.9 Å². The van der Waals surface area contributed by atoms with Gasteiger partial charge in [0.15, 0.2) is 0 Å². The lowest BCUT2D eigenvalue weighted by Crippen LogP contribution is -2.26. The maximum Gasteiger partial charge on any atom is 0.418 e. The van der Waals surface area contributed by atoms with Crippen LogP contribution in [0.3, 0.4) is 0 Å². The second-order valence-corrected chi connectivity index (χ2v) is 6.89. The summed E-state index contributed by atoms with van der Waals surface area (Å²) in [4.78, 5) is 0. The average molecular weight is 316 g/mol. The van der Waals surface area contributed by atoms with E-state index in [1.54, 1.807) is 0 Å². The fraction of sp³-hybridized carbons (Fsp3) is 0.455. The van der Waals surface area contributed by atoms with Crippen molar-refractivity contribution < 1.29 is 21.6 Å².